The van der Waals surface area contributed by atoms with Gasteiger partial charge in [0.05, 0.1) is 10.9 Å². The molecule has 1 unspecified atom stereocenters. The number of aromatic carboxylic acids is 1. The lowest BCUT2D eigenvalue weighted by molar-refractivity contribution is 0.0223. The van der Waals surface area contributed by atoms with Crippen LogP contribution in [0.1, 0.15) is 93.1 Å². The summed E-state index contributed by atoms with van der Waals surface area (Å²) >= 11 is 2.79. The zero-order valence-corrected chi connectivity index (χ0v) is 22.0. The molecule has 1 amide bonds. The molecule has 0 spiro atoms. The highest BCUT2D eigenvalue weighted by molar-refractivity contribution is 7.14. The minimum atomic E-state index is -0.898. The summed E-state index contributed by atoms with van der Waals surface area (Å²) in [5.74, 6) is -0.923. The van der Waals surface area contributed by atoms with Crippen LogP contribution in [0.2, 0.25) is 0 Å². The predicted molar refractivity (Wildman–Crippen MR) is 136 cm³/mol. The summed E-state index contributed by atoms with van der Waals surface area (Å²) in [6, 6.07) is 3.28. The first-order chi connectivity index (χ1) is 16.0. The average Bonchev–Trinajstić information content (AvgIpc) is 3.51. The van der Waals surface area contributed by atoms with E-state index in [0.717, 1.165) is 46.6 Å². The van der Waals surface area contributed by atoms with Gasteiger partial charge in [-0.3, -0.25) is 9.69 Å². The molecule has 182 valence electrons. The first kappa shape index (κ1) is 24.7. The van der Waals surface area contributed by atoms with Crippen LogP contribution in [0.4, 0.5) is 4.79 Å². The Bertz CT molecular complexity index is 1180. The SMILES string of the molecule is Cc1sc(C(=O)O)cc1C1=C(c2cc(C(=O)C3CCCN3C(=O)OC(C)(C)C)sc2C)CCC1. The van der Waals surface area contributed by atoms with Crippen molar-refractivity contribution < 1.29 is 24.2 Å². The van der Waals surface area contributed by atoms with Gasteiger partial charge in [0.1, 0.15) is 10.5 Å². The predicted octanol–water partition coefficient (Wildman–Crippen LogP) is 6.80. The Labute approximate surface area is 208 Å². The summed E-state index contributed by atoms with van der Waals surface area (Å²) in [6.45, 7) is 10.0. The van der Waals surface area contributed by atoms with Crippen molar-refractivity contribution in [2.75, 3.05) is 6.54 Å². The summed E-state index contributed by atoms with van der Waals surface area (Å²) in [7, 11) is 0. The van der Waals surface area contributed by atoms with Gasteiger partial charge in [-0.05, 0) is 101 Å². The standard InChI is InChI=1S/C26H31NO5S2/c1-14-18(16-8-6-9-17(16)19-13-22(24(29)30)34-15(19)2)12-21(33-14)23(28)20-10-7-11-27(20)25(31)32-26(3,4)5/h12-13,20H,6-11H2,1-5H3,(H,29,30). The number of ketones is 1. The summed E-state index contributed by atoms with van der Waals surface area (Å²) in [5, 5.41) is 9.41. The van der Waals surface area contributed by atoms with Crippen molar-refractivity contribution in [3.63, 3.8) is 0 Å². The van der Waals surface area contributed by atoms with E-state index in [9.17, 15) is 19.5 Å². The third-order valence-corrected chi connectivity index (χ3v) is 8.44. The van der Waals surface area contributed by atoms with Crippen LogP contribution in [0, 0.1) is 13.8 Å². The van der Waals surface area contributed by atoms with Crippen LogP contribution in [0.25, 0.3) is 11.1 Å². The monoisotopic (exact) mass is 501 g/mol. The molecular weight excluding hydrogens is 470 g/mol. The number of carboxylic acid groups (broad SMARTS) is 1. The van der Waals surface area contributed by atoms with Crippen molar-refractivity contribution in [1.29, 1.82) is 0 Å². The lowest BCUT2D eigenvalue weighted by Crippen LogP contribution is -2.43. The van der Waals surface area contributed by atoms with Gasteiger partial charge in [-0.1, -0.05) is 0 Å². The van der Waals surface area contributed by atoms with Gasteiger partial charge in [-0.25, -0.2) is 9.59 Å². The van der Waals surface area contributed by atoms with Crippen LogP contribution in [0.3, 0.4) is 0 Å². The van der Waals surface area contributed by atoms with Crippen molar-refractivity contribution >= 4 is 51.7 Å². The largest absolute Gasteiger partial charge is 0.477 e. The van der Waals surface area contributed by atoms with E-state index >= 15 is 0 Å². The minimum absolute atomic E-state index is 0.0252. The highest BCUT2D eigenvalue weighted by Crippen LogP contribution is 2.45. The Hall–Kier alpha value is -2.45. The highest BCUT2D eigenvalue weighted by Gasteiger charge is 2.38. The number of nitrogens with zero attached hydrogens (tertiary/aromatic N) is 1. The zero-order valence-electron chi connectivity index (χ0n) is 20.3. The summed E-state index contributed by atoms with van der Waals surface area (Å²) in [5.41, 5.74) is 3.88. The number of amides is 1. The Morgan fingerprint density at radius 1 is 0.971 bits per heavy atom. The number of rotatable bonds is 5. The zero-order chi connectivity index (χ0) is 24.8. The average molecular weight is 502 g/mol. The molecule has 2 aromatic heterocycles. The van der Waals surface area contributed by atoms with E-state index in [-0.39, 0.29) is 5.78 Å². The fourth-order valence-electron chi connectivity index (χ4n) is 4.87. The highest BCUT2D eigenvalue weighted by atomic mass is 32.1. The van der Waals surface area contributed by atoms with Crippen molar-refractivity contribution in [3.8, 4) is 0 Å². The van der Waals surface area contributed by atoms with Gasteiger partial charge < -0.3 is 9.84 Å². The topological polar surface area (TPSA) is 83.9 Å². The summed E-state index contributed by atoms with van der Waals surface area (Å²) in [4.78, 5) is 42.3. The van der Waals surface area contributed by atoms with E-state index in [1.165, 1.54) is 33.8 Å². The molecule has 2 aliphatic rings. The number of carboxylic acids is 1. The number of carbonyl (C=O) groups is 3. The van der Waals surface area contributed by atoms with Crippen LogP contribution >= 0.6 is 22.7 Å². The fraction of sp³-hybridized carbons (Fsp3) is 0.500. The molecule has 1 atom stereocenters. The van der Waals surface area contributed by atoms with E-state index in [1.807, 2.05) is 40.7 Å². The smallest absolute Gasteiger partial charge is 0.410 e. The quantitative estimate of drug-likeness (QED) is 0.455. The van der Waals surface area contributed by atoms with E-state index < -0.39 is 23.7 Å². The van der Waals surface area contributed by atoms with E-state index in [0.29, 0.717) is 22.7 Å². The number of likely N-dealkylation sites (tertiary alicyclic amines) is 1. The molecule has 0 aromatic carbocycles. The molecule has 1 fully saturated rings. The second-order valence-electron chi connectivity index (χ2n) is 9.97. The minimum Gasteiger partial charge on any atom is -0.477 e. The van der Waals surface area contributed by atoms with E-state index in [4.69, 9.17) is 4.74 Å². The molecule has 6 nitrogen and oxygen atoms in total. The molecule has 1 saturated heterocycles. The van der Waals surface area contributed by atoms with Crippen molar-refractivity contribution in [2.45, 2.75) is 78.4 Å². The third-order valence-electron chi connectivity index (χ3n) is 6.34. The number of carbonyl (C=O) groups excluding carboxylic acids is 2. The van der Waals surface area contributed by atoms with E-state index in [2.05, 4.69) is 0 Å². The molecule has 0 radical (unpaired) electrons. The molecular formula is C26H31NO5S2. The number of hydrogen-bond donors (Lipinski definition) is 1. The number of thiophene rings is 2. The number of aryl methyl sites for hydroxylation is 2. The second kappa shape index (κ2) is 9.30. The van der Waals surface area contributed by atoms with Gasteiger partial charge in [0.25, 0.3) is 0 Å². The maximum atomic E-state index is 13.5. The molecule has 4 rings (SSSR count). The Kier molecular flexibility index (Phi) is 6.75. The number of allylic oxidation sites excluding steroid dienone is 2. The second-order valence-corrected chi connectivity index (χ2v) is 12.5. The molecule has 0 bridgehead atoms. The fourth-order valence-corrected chi connectivity index (χ4v) is 6.79. The van der Waals surface area contributed by atoms with Crippen LogP contribution < -0.4 is 0 Å². The Balaban J connectivity index is 1.63. The van der Waals surface area contributed by atoms with Crippen molar-refractivity contribution in [3.05, 3.63) is 42.8 Å². The summed E-state index contributed by atoms with van der Waals surface area (Å²) < 4.78 is 5.53. The van der Waals surface area contributed by atoms with Gasteiger partial charge in [-0.15, -0.1) is 22.7 Å². The Morgan fingerprint density at radius 3 is 2.06 bits per heavy atom. The van der Waals surface area contributed by atoms with Gasteiger partial charge in [0, 0.05) is 16.3 Å². The lowest BCUT2D eigenvalue weighted by atomic mass is 9.97. The molecule has 8 heteroatoms. The number of Topliss-reactive ketones (excluding diaryl/α,β-unsaturated/α-hetero) is 1. The van der Waals surface area contributed by atoms with Gasteiger partial charge in [0.2, 0.25) is 0 Å². The van der Waals surface area contributed by atoms with Crippen LogP contribution in [-0.4, -0.2) is 46.0 Å². The van der Waals surface area contributed by atoms with Gasteiger partial charge >= 0.3 is 12.1 Å². The van der Waals surface area contributed by atoms with Crippen LogP contribution in [0.15, 0.2) is 12.1 Å². The maximum absolute atomic E-state index is 13.5. The lowest BCUT2D eigenvalue weighted by Gasteiger charge is -2.27. The van der Waals surface area contributed by atoms with Gasteiger partial charge in [0.15, 0.2) is 5.78 Å². The molecule has 0 saturated carbocycles. The number of hydrogen-bond acceptors (Lipinski definition) is 6. The molecule has 3 heterocycles. The first-order valence-electron chi connectivity index (χ1n) is 11.7. The van der Waals surface area contributed by atoms with Crippen molar-refractivity contribution in [2.24, 2.45) is 0 Å². The maximum Gasteiger partial charge on any atom is 0.410 e. The van der Waals surface area contributed by atoms with E-state index in [1.54, 1.807) is 11.0 Å². The number of ether oxygens (including phenoxy) is 1. The molecule has 1 N–H and O–H groups in total. The Morgan fingerprint density at radius 2 is 1.53 bits per heavy atom. The first-order valence-corrected chi connectivity index (χ1v) is 13.3. The van der Waals surface area contributed by atoms with Crippen molar-refractivity contribution in [1.82, 2.24) is 4.90 Å². The molecule has 2 aromatic rings. The molecule has 1 aliphatic heterocycles. The molecule has 1 aliphatic carbocycles. The third kappa shape index (κ3) is 4.84. The van der Waals surface area contributed by atoms with Crippen LogP contribution in [0.5, 0.6) is 0 Å². The van der Waals surface area contributed by atoms with Gasteiger partial charge in [-0.2, -0.15) is 0 Å². The summed E-state index contributed by atoms with van der Waals surface area (Å²) in [6.07, 6.45) is 3.82. The van der Waals surface area contributed by atoms with Crippen LogP contribution in [-0.2, 0) is 4.74 Å². The molecule has 34 heavy (non-hydrogen) atoms. The normalized spacial score (nSPS) is 18.6.